The molecule has 0 saturated carbocycles. The van der Waals surface area contributed by atoms with Crippen LogP contribution in [0.15, 0.2) is 18.2 Å². The van der Waals surface area contributed by atoms with Gasteiger partial charge in [-0.15, -0.1) is 0 Å². The molecule has 0 radical (unpaired) electrons. The summed E-state index contributed by atoms with van der Waals surface area (Å²) in [5.74, 6) is 0.522. The molecule has 2 rings (SSSR count). The van der Waals surface area contributed by atoms with Crippen LogP contribution in [0, 0.1) is 16.0 Å². The van der Waals surface area contributed by atoms with Crippen molar-refractivity contribution in [3.8, 4) is 0 Å². The van der Waals surface area contributed by atoms with Crippen molar-refractivity contribution in [1.29, 1.82) is 0 Å². The number of nitro groups is 1. The van der Waals surface area contributed by atoms with Gasteiger partial charge in [0.1, 0.15) is 5.02 Å². The molecule has 114 valence electrons. The fourth-order valence-electron chi connectivity index (χ4n) is 2.74. The topological polar surface area (TPSA) is 63.5 Å². The van der Waals surface area contributed by atoms with Crippen LogP contribution in [0.3, 0.4) is 0 Å². The normalized spacial score (nSPS) is 19.1. The minimum Gasteiger partial charge on any atom is -0.339 e. The van der Waals surface area contributed by atoms with Gasteiger partial charge in [-0.25, -0.2) is 0 Å². The Morgan fingerprint density at radius 3 is 2.86 bits per heavy atom. The lowest BCUT2D eigenvalue weighted by Gasteiger charge is -2.20. The van der Waals surface area contributed by atoms with E-state index in [0.29, 0.717) is 24.6 Å². The van der Waals surface area contributed by atoms with Crippen LogP contribution < -0.4 is 0 Å². The van der Waals surface area contributed by atoms with Crippen molar-refractivity contribution in [3.63, 3.8) is 0 Å². The first-order chi connectivity index (χ1) is 10.0. The van der Waals surface area contributed by atoms with Crippen molar-refractivity contribution < 1.29 is 9.72 Å². The van der Waals surface area contributed by atoms with Crippen LogP contribution in [0.4, 0.5) is 5.69 Å². The van der Waals surface area contributed by atoms with Crippen LogP contribution in [0.25, 0.3) is 0 Å². The average Bonchev–Trinajstić information content (AvgIpc) is 2.72. The lowest BCUT2D eigenvalue weighted by Crippen LogP contribution is -2.32. The fourth-order valence-corrected chi connectivity index (χ4v) is 2.93. The molecule has 1 heterocycles. The molecule has 1 aromatic rings. The Labute approximate surface area is 129 Å². The van der Waals surface area contributed by atoms with Crippen LogP contribution in [-0.4, -0.2) is 28.8 Å². The summed E-state index contributed by atoms with van der Waals surface area (Å²) in [6, 6.07) is 4.24. The van der Waals surface area contributed by atoms with E-state index in [1.807, 2.05) is 0 Å². The van der Waals surface area contributed by atoms with Crippen molar-refractivity contribution in [1.82, 2.24) is 4.90 Å². The Hall–Kier alpha value is -1.62. The van der Waals surface area contributed by atoms with Crippen molar-refractivity contribution in [3.05, 3.63) is 38.9 Å². The Bertz CT molecular complexity index is 548. The van der Waals surface area contributed by atoms with Crippen molar-refractivity contribution in [2.75, 3.05) is 13.1 Å². The number of rotatable bonds is 3. The Morgan fingerprint density at radius 1 is 1.43 bits per heavy atom. The zero-order valence-electron chi connectivity index (χ0n) is 12.0. The van der Waals surface area contributed by atoms with E-state index in [9.17, 15) is 14.9 Å². The van der Waals surface area contributed by atoms with Crippen LogP contribution in [0.1, 0.15) is 43.0 Å². The molecule has 21 heavy (non-hydrogen) atoms. The van der Waals surface area contributed by atoms with Gasteiger partial charge in [-0.2, -0.15) is 0 Å². The first-order valence-electron chi connectivity index (χ1n) is 7.26. The van der Waals surface area contributed by atoms with E-state index < -0.39 is 4.92 Å². The largest absolute Gasteiger partial charge is 0.339 e. The van der Waals surface area contributed by atoms with E-state index in [-0.39, 0.29) is 16.6 Å². The predicted octanol–water partition coefficient (Wildman–Crippen LogP) is 3.90. The van der Waals surface area contributed by atoms with E-state index >= 15 is 0 Å². The first kappa shape index (κ1) is 15.8. The number of hydrogen-bond donors (Lipinski definition) is 0. The van der Waals surface area contributed by atoms with Crippen molar-refractivity contribution in [2.24, 2.45) is 5.92 Å². The summed E-state index contributed by atoms with van der Waals surface area (Å²) in [6.07, 6.45) is 4.26. The highest BCUT2D eigenvalue weighted by Crippen LogP contribution is 2.27. The molecular formula is C15H19ClN2O3. The standard InChI is InChI=1S/C15H19ClN2O3/c1-2-11-4-3-8-17(9-7-11)15(19)12-5-6-13(16)14(10-12)18(20)21/h5-6,10-11H,2-4,7-9H2,1H3. The van der Waals surface area contributed by atoms with Gasteiger partial charge in [0.25, 0.3) is 11.6 Å². The molecule has 1 saturated heterocycles. The van der Waals surface area contributed by atoms with Gasteiger partial charge in [0.2, 0.25) is 0 Å². The Balaban J connectivity index is 2.16. The number of likely N-dealkylation sites (tertiary alicyclic amines) is 1. The SMILES string of the molecule is CCC1CCCN(C(=O)c2ccc(Cl)c([N+](=O)[O-])c2)CC1. The quantitative estimate of drug-likeness (QED) is 0.628. The zero-order valence-corrected chi connectivity index (χ0v) is 12.8. The highest BCUT2D eigenvalue weighted by molar-refractivity contribution is 6.32. The summed E-state index contributed by atoms with van der Waals surface area (Å²) in [5, 5.41) is 11.0. The van der Waals surface area contributed by atoms with Gasteiger partial charge in [-0.1, -0.05) is 24.9 Å². The van der Waals surface area contributed by atoms with Gasteiger partial charge in [-0.3, -0.25) is 14.9 Å². The number of carbonyl (C=O) groups excluding carboxylic acids is 1. The summed E-state index contributed by atoms with van der Waals surface area (Å²) in [5.41, 5.74) is 0.116. The number of amides is 1. The van der Waals surface area contributed by atoms with Gasteiger partial charge >= 0.3 is 0 Å². The van der Waals surface area contributed by atoms with Crippen LogP contribution >= 0.6 is 11.6 Å². The molecule has 1 unspecified atom stereocenters. The van der Waals surface area contributed by atoms with Crippen LogP contribution in [-0.2, 0) is 0 Å². The summed E-state index contributed by atoms with van der Waals surface area (Å²) >= 11 is 5.78. The summed E-state index contributed by atoms with van der Waals surface area (Å²) in [7, 11) is 0. The van der Waals surface area contributed by atoms with Crippen LogP contribution in [0.2, 0.25) is 5.02 Å². The van der Waals surface area contributed by atoms with E-state index in [0.717, 1.165) is 25.7 Å². The molecular weight excluding hydrogens is 292 g/mol. The molecule has 1 atom stereocenters. The third-order valence-electron chi connectivity index (χ3n) is 4.10. The zero-order chi connectivity index (χ0) is 15.4. The van der Waals surface area contributed by atoms with Gasteiger partial charge in [-0.05, 0) is 37.3 Å². The minimum atomic E-state index is -0.561. The summed E-state index contributed by atoms with van der Waals surface area (Å²) in [6.45, 7) is 3.60. The minimum absolute atomic E-state index is 0.0541. The second-order valence-corrected chi connectivity index (χ2v) is 5.83. The molecule has 0 spiro atoms. The predicted molar refractivity (Wildman–Crippen MR) is 81.6 cm³/mol. The average molecular weight is 311 g/mol. The molecule has 1 aliphatic rings. The maximum absolute atomic E-state index is 12.5. The number of carbonyl (C=O) groups is 1. The fraction of sp³-hybridized carbons (Fsp3) is 0.533. The Kier molecular flexibility index (Phi) is 5.17. The molecule has 6 heteroatoms. The Morgan fingerprint density at radius 2 is 2.19 bits per heavy atom. The number of benzene rings is 1. The number of hydrogen-bond acceptors (Lipinski definition) is 3. The van der Waals surface area contributed by atoms with E-state index in [4.69, 9.17) is 11.6 Å². The smallest absolute Gasteiger partial charge is 0.288 e. The molecule has 0 N–H and O–H groups in total. The molecule has 1 aromatic carbocycles. The molecule has 1 aliphatic heterocycles. The molecule has 1 amide bonds. The molecule has 1 fully saturated rings. The monoisotopic (exact) mass is 310 g/mol. The molecule has 0 aliphatic carbocycles. The maximum atomic E-state index is 12.5. The first-order valence-corrected chi connectivity index (χ1v) is 7.64. The number of nitrogens with zero attached hydrogens (tertiary/aromatic N) is 2. The summed E-state index contributed by atoms with van der Waals surface area (Å²) in [4.78, 5) is 24.6. The summed E-state index contributed by atoms with van der Waals surface area (Å²) < 4.78 is 0. The van der Waals surface area contributed by atoms with E-state index in [1.54, 1.807) is 11.0 Å². The van der Waals surface area contributed by atoms with Crippen molar-refractivity contribution >= 4 is 23.2 Å². The van der Waals surface area contributed by atoms with Crippen LogP contribution in [0.5, 0.6) is 0 Å². The van der Waals surface area contributed by atoms with Gasteiger partial charge < -0.3 is 4.90 Å². The van der Waals surface area contributed by atoms with Gasteiger partial charge in [0, 0.05) is 24.7 Å². The third kappa shape index (κ3) is 3.73. The third-order valence-corrected chi connectivity index (χ3v) is 4.42. The van der Waals surface area contributed by atoms with Gasteiger partial charge in [0.05, 0.1) is 4.92 Å². The van der Waals surface area contributed by atoms with Crippen molar-refractivity contribution in [2.45, 2.75) is 32.6 Å². The molecule has 0 bridgehead atoms. The highest BCUT2D eigenvalue weighted by atomic mass is 35.5. The molecule has 5 nitrogen and oxygen atoms in total. The highest BCUT2D eigenvalue weighted by Gasteiger charge is 2.23. The lowest BCUT2D eigenvalue weighted by atomic mass is 9.98. The lowest BCUT2D eigenvalue weighted by molar-refractivity contribution is -0.384. The second kappa shape index (κ2) is 6.89. The second-order valence-electron chi connectivity index (χ2n) is 5.42. The molecule has 0 aromatic heterocycles. The van der Waals surface area contributed by atoms with Gasteiger partial charge in [0.15, 0.2) is 0 Å². The van der Waals surface area contributed by atoms with E-state index in [2.05, 4.69) is 6.92 Å². The number of nitro benzene ring substituents is 1. The number of halogens is 1. The van der Waals surface area contributed by atoms with E-state index in [1.165, 1.54) is 12.1 Å². The maximum Gasteiger partial charge on any atom is 0.288 e.